The number of halogens is 2. The van der Waals surface area contributed by atoms with Crippen LogP contribution >= 0.6 is 0 Å². The number of phenols is 2. The molecule has 0 spiro atoms. The first-order valence-corrected chi connectivity index (χ1v) is 3.90. The normalized spacial score (nSPS) is 10.7. The van der Waals surface area contributed by atoms with Crippen molar-refractivity contribution in [2.24, 2.45) is 0 Å². The van der Waals surface area contributed by atoms with Crippen LogP contribution < -0.4 is 0 Å². The maximum atomic E-state index is 13.2. The zero-order valence-electron chi connectivity index (χ0n) is 6.96. The molecule has 2 aromatic carbocycles. The Morgan fingerprint density at radius 2 is 1.07 bits per heavy atom. The first kappa shape index (κ1) is 8.74. The monoisotopic (exact) mass is 196 g/mol. The molecule has 0 aliphatic heterocycles. The van der Waals surface area contributed by atoms with E-state index >= 15 is 0 Å². The van der Waals surface area contributed by atoms with Crippen molar-refractivity contribution >= 4 is 10.8 Å². The molecule has 0 amide bonds. The number of benzene rings is 2. The van der Waals surface area contributed by atoms with Gasteiger partial charge < -0.3 is 10.2 Å². The summed E-state index contributed by atoms with van der Waals surface area (Å²) in [6.45, 7) is 0. The lowest BCUT2D eigenvalue weighted by atomic mass is 10.1. The fourth-order valence-corrected chi connectivity index (χ4v) is 1.31. The Balaban J connectivity index is 2.94. The standard InChI is InChI=1S/C10H6F2O2/c11-9-5-1-3-7(13)10(12)6(5)2-4-8(9)14/h1-4,13-14H. The van der Waals surface area contributed by atoms with Crippen LogP contribution in [0.2, 0.25) is 0 Å². The van der Waals surface area contributed by atoms with E-state index in [1.54, 1.807) is 0 Å². The van der Waals surface area contributed by atoms with Gasteiger partial charge in [-0.2, -0.15) is 0 Å². The van der Waals surface area contributed by atoms with Gasteiger partial charge in [-0.3, -0.25) is 0 Å². The van der Waals surface area contributed by atoms with E-state index in [9.17, 15) is 8.78 Å². The quantitative estimate of drug-likeness (QED) is 0.679. The van der Waals surface area contributed by atoms with Gasteiger partial charge in [-0.15, -0.1) is 0 Å². The predicted octanol–water partition coefficient (Wildman–Crippen LogP) is 2.53. The van der Waals surface area contributed by atoms with Crippen molar-refractivity contribution in [1.29, 1.82) is 0 Å². The lowest BCUT2D eigenvalue weighted by Gasteiger charge is -2.03. The third-order valence-electron chi connectivity index (χ3n) is 2.03. The van der Waals surface area contributed by atoms with Crippen molar-refractivity contribution < 1.29 is 19.0 Å². The number of fused-ring (bicyclic) bond motifs is 1. The van der Waals surface area contributed by atoms with Gasteiger partial charge in [-0.25, -0.2) is 8.78 Å². The fraction of sp³-hybridized carbons (Fsp3) is 0. The van der Waals surface area contributed by atoms with Gasteiger partial charge in [0.15, 0.2) is 23.1 Å². The molecule has 0 aromatic heterocycles. The molecule has 2 aromatic rings. The second-order valence-electron chi connectivity index (χ2n) is 2.89. The van der Waals surface area contributed by atoms with E-state index in [1.165, 1.54) is 12.1 Å². The van der Waals surface area contributed by atoms with E-state index in [2.05, 4.69) is 0 Å². The minimum Gasteiger partial charge on any atom is -0.505 e. The minimum atomic E-state index is -0.888. The highest BCUT2D eigenvalue weighted by Gasteiger charge is 2.11. The lowest BCUT2D eigenvalue weighted by Crippen LogP contribution is -1.85. The zero-order valence-corrected chi connectivity index (χ0v) is 6.96. The molecule has 0 aliphatic carbocycles. The number of aromatic hydroxyl groups is 2. The lowest BCUT2D eigenvalue weighted by molar-refractivity contribution is 0.431. The average Bonchev–Trinajstić information content (AvgIpc) is 2.17. The number of rotatable bonds is 0. The van der Waals surface area contributed by atoms with E-state index in [0.29, 0.717) is 0 Å². The van der Waals surface area contributed by atoms with Crippen LogP contribution in [0.15, 0.2) is 24.3 Å². The van der Waals surface area contributed by atoms with E-state index < -0.39 is 23.1 Å². The zero-order chi connectivity index (χ0) is 10.3. The van der Waals surface area contributed by atoms with Crippen molar-refractivity contribution in [3.63, 3.8) is 0 Å². The molecule has 0 aliphatic rings. The van der Waals surface area contributed by atoms with Crippen LogP contribution in [0.3, 0.4) is 0 Å². The van der Waals surface area contributed by atoms with E-state index in [4.69, 9.17) is 10.2 Å². The maximum absolute atomic E-state index is 13.2. The molecule has 0 unspecified atom stereocenters. The minimum absolute atomic E-state index is 0.0553. The van der Waals surface area contributed by atoms with Crippen LogP contribution in [0.25, 0.3) is 10.8 Å². The summed E-state index contributed by atoms with van der Waals surface area (Å²) in [4.78, 5) is 0. The van der Waals surface area contributed by atoms with Gasteiger partial charge in [0.25, 0.3) is 0 Å². The Labute approximate surface area is 78.0 Å². The Kier molecular flexibility index (Phi) is 1.77. The Hall–Kier alpha value is -1.84. The molecule has 0 bridgehead atoms. The third kappa shape index (κ3) is 1.08. The average molecular weight is 196 g/mol. The molecule has 0 fully saturated rings. The van der Waals surface area contributed by atoms with Crippen molar-refractivity contribution in [1.82, 2.24) is 0 Å². The highest BCUT2D eigenvalue weighted by atomic mass is 19.1. The fourth-order valence-electron chi connectivity index (χ4n) is 1.31. The summed E-state index contributed by atoms with van der Waals surface area (Å²) in [6.07, 6.45) is 0. The summed E-state index contributed by atoms with van der Waals surface area (Å²) in [6, 6.07) is 4.51. The summed E-state index contributed by atoms with van der Waals surface area (Å²) >= 11 is 0. The van der Waals surface area contributed by atoms with Crippen molar-refractivity contribution in [2.45, 2.75) is 0 Å². The van der Waals surface area contributed by atoms with Gasteiger partial charge in [0, 0.05) is 10.8 Å². The van der Waals surface area contributed by atoms with Crippen LogP contribution in [-0.2, 0) is 0 Å². The highest BCUT2D eigenvalue weighted by molar-refractivity contribution is 5.86. The number of phenolic OH excluding ortho intramolecular Hbond substituents is 2. The summed E-state index contributed by atoms with van der Waals surface area (Å²) < 4.78 is 26.4. The maximum Gasteiger partial charge on any atom is 0.172 e. The summed E-state index contributed by atoms with van der Waals surface area (Å²) in [5.41, 5.74) is 0. The van der Waals surface area contributed by atoms with Crippen LogP contribution in [-0.4, -0.2) is 10.2 Å². The van der Waals surface area contributed by atoms with E-state index in [-0.39, 0.29) is 10.8 Å². The van der Waals surface area contributed by atoms with Crippen LogP contribution in [0, 0.1) is 11.6 Å². The van der Waals surface area contributed by atoms with Gasteiger partial charge in [0.1, 0.15) is 0 Å². The van der Waals surface area contributed by atoms with Crippen molar-refractivity contribution in [3.8, 4) is 11.5 Å². The smallest absolute Gasteiger partial charge is 0.172 e. The van der Waals surface area contributed by atoms with E-state index in [1.807, 2.05) is 0 Å². The molecule has 0 radical (unpaired) electrons. The van der Waals surface area contributed by atoms with Crippen LogP contribution in [0.5, 0.6) is 11.5 Å². The summed E-state index contributed by atoms with van der Waals surface area (Å²) in [7, 11) is 0. The second kappa shape index (κ2) is 2.83. The highest BCUT2D eigenvalue weighted by Crippen LogP contribution is 2.30. The molecular formula is C10H6F2O2. The molecule has 0 saturated heterocycles. The molecule has 2 nitrogen and oxygen atoms in total. The van der Waals surface area contributed by atoms with Crippen molar-refractivity contribution in [3.05, 3.63) is 35.9 Å². The Bertz CT molecular complexity index is 462. The Morgan fingerprint density at radius 1 is 0.714 bits per heavy atom. The Morgan fingerprint density at radius 3 is 1.43 bits per heavy atom. The van der Waals surface area contributed by atoms with Crippen molar-refractivity contribution in [2.75, 3.05) is 0 Å². The molecule has 2 rings (SSSR count). The first-order chi connectivity index (χ1) is 6.61. The van der Waals surface area contributed by atoms with Gasteiger partial charge in [0.05, 0.1) is 0 Å². The largest absolute Gasteiger partial charge is 0.505 e. The molecule has 0 heterocycles. The number of hydrogen-bond acceptors (Lipinski definition) is 2. The van der Waals surface area contributed by atoms with Gasteiger partial charge in [-0.1, -0.05) is 0 Å². The topological polar surface area (TPSA) is 40.5 Å². The van der Waals surface area contributed by atoms with Gasteiger partial charge in [0.2, 0.25) is 0 Å². The molecule has 4 heteroatoms. The molecular weight excluding hydrogens is 190 g/mol. The second-order valence-corrected chi connectivity index (χ2v) is 2.89. The summed E-state index contributed by atoms with van der Waals surface area (Å²) in [5.74, 6) is -2.85. The van der Waals surface area contributed by atoms with Crippen LogP contribution in [0.1, 0.15) is 0 Å². The third-order valence-corrected chi connectivity index (χ3v) is 2.03. The molecule has 0 atom stereocenters. The van der Waals surface area contributed by atoms with Gasteiger partial charge in [-0.05, 0) is 24.3 Å². The molecule has 14 heavy (non-hydrogen) atoms. The summed E-state index contributed by atoms with van der Waals surface area (Å²) in [5, 5.41) is 17.9. The van der Waals surface area contributed by atoms with E-state index in [0.717, 1.165) is 12.1 Å². The molecule has 0 saturated carbocycles. The van der Waals surface area contributed by atoms with Gasteiger partial charge >= 0.3 is 0 Å². The molecule has 2 N–H and O–H groups in total. The first-order valence-electron chi connectivity index (χ1n) is 3.90. The number of hydrogen-bond donors (Lipinski definition) is 2. The van der Waals surface area contributed by atoms with Crippen LogP contribution in [0.4, 0.5) is 8.78 Å². The molecule has 72 valence electrons. The SMILES string of the molecule is Oc1ccc2c(F)c(O)ccc2c1F. The predicted molar refractivity (Wildman–Crippen MR) is 47.2 cm³/mol.